The van der Waals surface area contributed by atoms with Crippen LogP contribution in [0.4, 0.5) is 0 Å². The fraction of sp³-hybridized carbons (Fsp3) is 0.385. The van der Waals surface area contributed by atoms with Crippen molar-refractivity contribution in [1.82, 2.24) is 15.5 Å². The standard InChI is InChI=1S/C13H15N3O/c1-2-4-11-8-12(7-10(11)3-1)14-6-5-13-15-9-16-17-13/h1-4,9,12,14H,5-8H2. The van der Waals surface area contributed by atoms with Gasteiger partial charge < -0.3 is 9.84 Å². The van der Waals surface area contributed by atoms with E-state index in [0.717, 1.165) is 25.8 Å². The van der Waals surface area contributed by atoms with E-state index in [9.17, 15) is 0 Å². The van der Waals surface area contributed by atoms with Crippen LogP contribution in [0.25, 0.3) is 0 Å². The highest BCUT2D eigenvalue weighted by Crippen LogP contribution is 2.21. The van der Waals surface area contributed by atoms with E-state index in [1.165, 1.54) is 17.5 Å². The lowest BCUT2D eigenvalue weighted by Crippen LogP contribution is -2.31. The molecule has 0 aliphatic heterocycles. The zero-order chi connectivity index (χ0) is 11.5. The van der Waals surface area contributed by atoms with Crippen molar-refractivity contribution in [3.8, 4) is 0 Å². The molecular weight excluding hydrogens is 214 g/mol. The lowest BCUT2D eigenvalue weighted by molar-refractivity contribution is 0.371. The molecule has 0 spiro atoms. The van der Waals surface area contributed by atoms with E-state index in [2.05, 4.69) is 39.7 Å². The lowest BCUT2D eigenvalue weighted by Gasteiger charge is -2.10. The van der Waals surface area contributed by atoms with E-state index in [1.807, 2.05) is 0 Å². The highest BCUT2D eigenvalue weighted by atomic mass is 16.5. The van der Waals surface area contributed by atoms with Gasteiger partial charge in [-0.2, -0.15) is 4.98 Å². The minimum Gasteiger partial charge on any atom is -0.340 e. The molecule has 1 aromatic heterocycles. The van der Waals surface area contributed by atoms with Crippen LogP contribution in [0.15, 0.2) is 35.1 Å². The Labute approximate surface area is 100 Å². The van der Waals surface area contributed by atoms with E-state index in [4.69, 9.17) is 4.52 Å². The van der Waals surface area contributed by atoms with E-state index in [-0.39, 0.29) is 0 Å². The van der Waals surface area contributed by atoms with Crippen LogP contribution in [0.2, 0.25) is 0 Å². The van der Waals surface area contributed by atoms with Crippen LogP contribution in [0.1, 0.15) is 17.0 Å². The second kappa shape index (κ2) is 4.67. The van der Waals surface area contributed by atoms with Crippen molar-refractivity contribution in [1.29, 1.82) is 0 Å². The van der Waals surface area contributed by atoms with Crippen molar-refractivity contribution in [2.45, 2.75) is 25.3 Å². The van der Waals surface area contributed by atoms with Gasteiger partial charge in [0.25, 0.3) is 0 Å². The molecule has 4 nitrogen and oxygen atoms in total. The summed E-state index contributed by atoms with van der Waals surface area (Å²) in [6.45, 7) is 0.890. The third-order valence-electron chi connectivity index (χ3n) is 3.23. The van der Waals surface area contributed by atoms with Crippen molar-refractivity contribution in [2.75, 3.05) is 6.54 Å². The molecule has 0 amide bonds. The predicted molar refractivity (Wildman–Crippen MR) is 63.6 cm³/mol. The largest absolute Gasteiger partial charge is 0.340 e. The number of nitrogens with one attached hydrogen (secondary N) is 1. The summed E-state index contributed by atoms with van der Waals surface area (Å²) in [5.41, 5.74) is 2.95. The van der Waals surface area contributed by atoms with Gasteiger partial charge in [0.2, 0.25) is 5.89 Å². The fourth-order valence-corrected chi connectivity index (χ4v) is 2.39. The van der Waals surface area contributed by atoms with Crippen LogP contribution in [0, 0.1) is 0 Å². The molecule has 1 heterocycles. The van der Waals surface area contributed by atoms with Gasteiger partial charge >= 0.3 is 0 Å². The van der Waals surface area contributed by atoms with Gasteiger partial charge in [-0.1, -0.05) is 29.4 Å². The first-order valence-corrected chi connectivity index (χ1v) is 5.97. The molecule has 3 rings (SSSR count). The van der Waals surface area contributed by atoms with Gasteiger partial charge in [-0.05, 0) is 24.0 Å². The second-order valence-electron chi connectivity index (χ2n) is 4.41. The van der Waals surface area contributed by atoms with E-state index >= 15 is 0 Å². The number of aromatic nitrogens is 2. The highest BCUT2D eigenvalue weighted by Gasteiger charge is 2.19. The minimum absolute atomic E-state index is 0.551. The Morgan fingerprint density at radius 3 is 2.65 bits per heavy atom. The molecule has 88 valence electrons. The zero-order valence-electron chi connectivity index (χ0n) is 9.60. The summed E-state index contributed by atoms with van der Waals surface area (Å²) in [6.07, 6.45) is 4.49. The fourth-order valence-electron chi connectivity index (χ4n) is 2.39. The van der Waals surface area contributed by atoms with Gasteiger partial charge in [0.1, 0.15) is 0 Å². The van der Waals surface area contributed by atoms with Crippen LogP contribution in [0.3, 0.4) is 0 Å². The van der Waals surface area contributed by atoms with E-state index in [1.54, 1.807) is 0 Å². The van der Waals surface area contributed by atoms with Crippen LogP contribution in [-0.2, 0) is 19.3 Å². The maximum Gasteiger partial charge on any atom is 0.227 e. The first kappa shape index (κ1) is 10.5. The van der Waals surface area contributed by atoms with Crippen molar-refractivity contribution in [3.05, 3.63) is 47.6 Å². The zero-order valence-corrected chi connectivity index (χ0v) is 9.60. The molecule has 0 atom stereocenters. The number of fused-ring (bicyclic) bond motifs is 1. The van der Waals surface area contributed by atoms with Crippen molar-refractivity contribution in [3.63, 3.8) is 0 Å². The Hall–Kier alpha value is -1.68. The second-order valence-corrected chi connectivity index (χ2v) is 4.41. The summed E-state index contributed by atoms with van der Waals surface area (Å²) in [4.78, 5) is 4.00. The van der Waals surface area contributed by atoms with E-state index < -0.39 is 0 Å². The number of rotatable bonds is 4. The molecule has 0 bridgehead atoms. The summed E-state index contributed by atoms with van der Waals surface area (Å²) in [7, 11) is 0. The summed E-state index contributed by atoms with van der Waals surface area (Å²) in [6, 6.07) is 9.21. The SMILES string of the molecule is c1ccc2c(c1)CC(NCCc1ncno1)C2. The molecule has 1 aromatic carbocycles. The van der Waals surface area contributed by atoms with Crippen LogP contribution in [-0.4, -0.2) is 22.7 Å². The number of hydrogen-bond donors (Lipinski definition) is 1. The third-order valence-corrected chi connectivity index (χ3v) is 3.23. The lowest BCUT2D eigenvalue weighted by atomic mass is 10.1. The Morgan fingerprint density at radius 2 is 2.00 bits per heavy atom. The molecule has 4 heteroatoms. The summed E-state index contributed by atoms with van der Waals surface area (Å²) in [5, 5.41) is 7.13. The molecule has 1 aliphatic rings. The summed E-state index contributed by atoms with van der Waals surface area (Å²) >= 11 is 0. The Morgan fingerprint density at radius 1 is 1.24 bits per heavy atom. The van der Waals surface area contributed by atoms with Gasteiger partial charge in [-0.25, -0.2) is 0 Å². The number of nitrogens with zero attached hydrogens (tertiary/aromatic N) is 2. The van der Waals surface area contributed by atoms with Crippen molar-refractivity contribution < 1.29 is 4.52 Å². The molecule has 0 radical (unpaired) electrons. The number of hydrogen-bond acceptors (Lipinski definition) is 4. The highest BCUT2D eigenvalue weighted by molar-refractivity contribution is 5.33. The average Bonchev–Trinajstić information content (AvgIpc) is 2.96. The Bertz CT molecular complexity index is 456. The first-order valence-electron chi connectivity index (χ1n) is 5.97. The monoisotopic (exact) mass is 229 g/mol. The normalized spacial score (nSPS) is 15.1. The van der Waals surface area contributed by atoms with E-state index in [0.29, 0.717) is 11.9 Å². The maximum atomic E-state index is 4.96. The molecule has 1 N–H and O–H groups in total. The van der Waals surface area contributed by atoms with Gasteiger partial charge in [0.15, 0.2) is 6.33 Å². The topological polar surface area (TPSA) is 51.0 Å². The number of benzene rings is 1. The molecule has 0 fully saturated rings. The molecule has 2 aromatic rings. The predicted octanol–water partition coefficient (Wildman–Crippen LogP) is 1.37. The van der Waals surface area contributed by atoms with Crippen LogP contribution in [0.5, 0.6) is 0 Å². The van der Waals surface area contributed by atoms with Crippen LogP contribution < -0.4 is 5.32 Å². The Kier molecular flexibility index (Phi) is 2.88. The first-order chi connectivity index (χ1) is 8.42. The average molecular weight is 229 g/mol. The quantitative estimate of drug-likeness (QED) is 0.860. The van der Waals surface area contributed by atoms with Crippen molar-refractivity contribution >= 4 is 0 Å². The smallest absolute Gasteiger partial charge is 0.227 e. The molecule has 0 saturated heterocycles. The van der Waals surface area contributed by atoms with Gasteiger partial charge in [-0.3, -0.25) is 0 Å². The summed E-state index contributed by atoms with van der Waals surface area (Å²) in [5.74, 6) is 0.702. The Balaban J connectivity index is 1.49. The molecule has 0 unspecified atom stereocenters. The van der Waals surface area contributed by atoms with Gasteiger partial charge in [-0.15, -0.1) is 0 Å². The maximum absolute atomic E-state index is 4.96. The molecule has 1 aliphatic carbocycles. The van der Waals surface area contributed by atoms with Gasteiger partial charge in [0, 0.05) is 19.0 Å². The summed E-state index contributed by atoms with van der Waals surface area (Å²) < 4.78 is 4.96. The molecule has 0 saturated carbocycles. The minimum atomic E-state index is 0.551. The molecule has 17 heavy (non-hydrogen) atoms. The van der Waals surface area contributed by atoms with Gasteiger partial charge in [0.05, 0.1) is 0 Å². The van der Waals surface area contributed by atoms with Crippen molar-refractivity contribution in [2.24, 2.45) is 0 Å². The molecular formula is C13H15N3O. The third kappa shape index (κ3) is 2.36. The van der Waals surface area contributed by atoms with Crippen LogP contribution >= 0.6 is 0 Å².